The Kier molecular flexibility index (Phi) is 2.29. The van der Waals surface area contributed by atoms with Crippen molar-refractivity contribution < 1.29 is 9.90 Å². The number of hydrogen-bond donors (Lipinski definition) is 2. The van der Waals surface area contributed by atoms with Gasteiger partial charge in [-0.15, -0.1) is 0 Å². The molecule has 1 atom stereocenters. The monoisotopic (exact) mass is 194 g/mol. The van der Waals surface area contributed by atoms with Gasteiger partial charge >= 0.3 is 5.97 Å². The van der Waals surface area contributed by atoms with Gasteiger partial charge in [0, 0.05) is 31.4 Å². The summed E-state index contributed by atoms with van der Waals surface area (Å²) in [5.74, 6) is -0.478. The number of rotatable bonds is 2. The molecule has 2 rings (SSSR count). The van der Waals surface area contributed by atoms with Crippen LogP contribution >= 0.6 is 0 Å². The molecule has 4 nitrogen and oxygen atoms in total. The minimum atomic E-state index is -0.826. The smallest absolute Gasteiger partial charge is 0.337 e. The maximum absolute atomic E-state index is 11.0. The minimum Gasteiger partial charge on any atom is -0.478 e. The predicted octanol–water partition coefficient (Wildman–Crippen LogP) is 0.800. The molecule has 2 heterocycles. The lowest BCUT2D eigenvalue weighted by Gasteiger charge is -2.11. The Balaban J connectivity index is 2.38. The first-order valence-electron chi connectivity index (χ1n) is 4.79. The predicted molar refractivity (Wildman–Crippen MR) is 52.6 cm³/mol. The molecule has 76 valence electrons. The highest BCUT2D eigenvalue weighted by molar-refractivity contribution is 5.89. The van der Waals surface area contributed by atoms with Crippen LogP contribution in [-0.2, 0) is 7.05 Å². The fraction of sp³-hybridized carbons (Fsp3) is 0.500. The van der Waals surface area contributed by atoms with Gasteiger partial charge in [-0.3, -0.25) is 0 Å². The fourth-order valence-corrected chi connectivity index (χ4v) is 2.12. The fourth-order valence-electron chi connectivity index (χ4n) is 2.12. The quantitative estimate of drug-likeness (QED) is 0.732. The first kappa shape index (κ1) is 9.27. The number of carboxylic acids is 1. The standard InChI is InChI=1S/C10H14N2O2/c1-12-5-3-8(10(13)14)9(12)7-2-4-11-6-7/h3,5,7,11H,2,4,6H2,1H3,(H,13,14). The van der Waals surface area contributed by atoms with Crippen LogP contribution in [0.3, 0.4) is 0 Å². The molecule has 0 spiro atoms. The Morgan fingerprint density at radius 2 is 2.50 bits per heavy atom. The van der Waals surface area contributed by atoms with E-state index in [9.17, 15) is 4.79 Å². The molecule has 2 N–H and O–H groups in total. The highest BCUT2D eigenvalue weighted by Crippen LogP contribution is 2.25. The van der Waals surface area contributed by atoms with Gasteiger partial charge in [-0.25, -0.2) is 4.79 Å². The molecule has 4 heteroatoms. The first-order valence-corrected chi connectivity index (χ1v) is 4.79. The van der Waals surface area contributed by atoms with E-state index in [-0.39, 0.29) is 0 Å². The number of carbonyl (C=O) groups is 1. The summed E-state index contributed by atoms with van der Waals surface area (Å²) in [6.45, 7) is 1.87. The summed E-state index contributed by atoms with van der Waals surface area (Å²) >= 11 is 0. The Bertz CT molecular complexity index is 351. The molecule has 14 heavy (non-hydrogen) atoms. The summed E-state index contributed by atoms with van der Waals surface area (Å²) < 4.78 is 1.92. The third-order valence-electron chi connectivity index (χ3n) is 2.80. The van der Waals surface area contributed by atoms with E-state index in [1.807, 2.05) is 17.8 Å². The Morgan fingerprint density at radius 1 is 1.71 bits per heavy atom. The van der Waals surface area contributed by atoms with Gasteiger partial charge in [-0.05, 0) is 19.0 Å². The van der Waals surface area contributed by atoms with E-state index in [2.05, 4.69) is 5.32 Å². The SMILES string of the molecule is Cn1ccc(C(=O)O)c1C1CCNC1. The molecule has 0 radical (unpaired) electrons. The molecule has 0 aliphatic carbocycles. The van der Waals surface area contributed by atoms with E-state index in [4.69, 9.17) is 5.11 Å². The lowest BCUT2D eigenvalue weighted by atomic mass is 10.0. The van der Waals surface area contributed by atoms with Crippen LogP contribution in [0.1, 0.15) is 28.4 Å². The summed E-state index contributed by atoms with van der Waals surface area (Å²) in [5.41, 5.74) is 1.39. The van der Waals surface area contributed by atoms with Crippen LogP contribution in [0.2, 0.25) is 0 Å². The number of aromatic nitrogens is 1. The third kappa shape index (κ3) is 1.42. The number of nitrogens with zero attached hydrogens (tertiary/aromatic N) is 1. The van der Waals surface area contributed by atoms with Crippen molar-refractivity contribution in [1.29, 1.82) is 0 Å². The second-order valence-corrected chi connectivity index (χ2v) is 3.72. The number of hydrogen-bond acceptors (Lipinski definition) is 2. The van der Waals surface area contributed by atoms with Crippen molar-refractivity contribution in [3.8, 4) is 0 Å². The summed E-state index contributed by atoms with van der Waals surface area (Å²) in [5, 5.41) is 12.3. The maximum Gasteiger partial charge on any atom is 0.337 e. The lowest BCUT2D eigenvalue weighted by Crippen LogP contribution is -2.13. The number of nitrogens with one attached hydrogen (secondary N) is 1. The van der Waals surface area contributed by atoms with Crippen LogP contribution in [0.4, 0.5) is 0 Å². The number of carboxylic acid groups (broad SMARTS) is 1. The van der Waals surface area contributed by atoms with E-state index in [0.29, 0.717) is 11.5 Å². The van der Waals surface area contributed by atoms with Crippen molar-refractivity contribution in [3.05, 3.63) is 23.5 Å². The first-order chi connectivity index (χ1) is 6.70. The summed E-state index contributed by atoms with van der Waals surface area (Å²) in [6.07, 6.45) is 2.84. The molecule has 0 amide bonds. The molecule has 0 saturated carbocycles. The van der Waals surface area contributed by atoms with Crippen molar-refractivity contribution in [2.75, 3.05) is 13.1 Å². The van der Waals surface area contributed by atoms with Gasteiger partial charge in [0.25, 0.3) is 0 Å². The zero-order valence-electron chi connectivity index (χ0n) is 8.16. The van der Waals surface area contributed by atoms with Crippen molar-refractivity contribution in [2.45, 2.75) is 12.3 Å². The van der Waals surface area contributed by atoms with Crippen LogP contribution in [-0.4, -0.2) is 28.7 Å². The highest BCUT2D eigenvalue weighted by Gasteiger charge is 2.24. The van der Waals surface area contributed by atoms with Gasteiger partial charge in [0.1, 0.15) is 0 Å². The average molecular weight is 194 g/mol. The molecule has 1 aromatic rings. The number of aryl methyl sites for hydroxylation is 1. The summed E-state index contributed by atoms with van der Waals surface area (Å²) in [6, 6.07) is 1.68. The second kappa shape index (κ2) is 3.46. The van der Waals surface area contributed by atoms with Crippen molar-refractivity contribution in [1.82, 2.24) is 9.88 Å². The normalized spacial score (nSPS) is 21.4. The van der Waals surface area contributed by atoms with Crippen LogP contribution < -0.4 is 5.32 Å². The van der Waals surface area contributed by atoms with E-state index in [1.165, 1.54) is 0 Å². The van der Waals surface area contributed by atoms with Crippen molar-refractivity contribution >= 4 is 5.97 Å². The summed E-state index contributed by atoms with van der Waals surface area (Å²) in [4.78, 5) is 11.0. The Hall–Kier alpha value is -1.29. The van der Waals surface area contributed by atoms with E-state index < -0.39 is 5.97 Å². The molecular weight excluding hydrogens is 180 g/mol. The van der Waals surface area contributed by atoms with Gasteiger partial charge in [0.05, 0.1) is 5.56 Å². The van der Waals surface area contributed by atoms with E-state index >= 15 is 0 Å². The van der Waals surface area contributed by atoms with Crippen LogP contribution in [0.25, 0.3) is 0 Å². The molecule has 0 aromatic carbocycles. The molecule has 0 bridgehead atoms. The zero-order valence-corrected chi connectivity index (χ0v) is 8.16. The Morgan fingerprint density at radius 3 is 3.07 bits per heavy atom. The van der Waals surface area contributed by atoms with E-state index in [0.717, 1.165) is 25.2 Å². The molecule has 1 saturated heterocycles. The Labute approximate surface area is 82.5 Å². The molecule has 1 aliphatic heterocycles. The van der Waals surface area contributed by atoms with Crippen molar-refractivity contribution in [2.24, 2.45) is 7.05 Å². The maximum atomic E-state index is 11.0. The third-order valence-corrected chi connectivity index (χ3v) is 2.80. The van der Waals surface area contributed by atoms with Crippen LogP contribution in [0.15, 0.2) is 12.3 Å². The molecular formula is C10H14N2O2. The largest absolute Gasteiger partial charge is 0.478 e. The molecule has 1 aliphatic rings. The number of aromatic carboxylic acids is 1. The van der Waals surface area contributed by atoms with Gasteiger partial charge < -0.3 is 15.0 Å². The topological polar surface area (TPSA) is 54.3 Å². The lowest BCUT2D eigenvalue weighted by molar-refractivity contribution is 0.0695. The van der Waals surface area contributed by atoms with Crippen LogP contribution in [0, 0.1) is 0 Å². The molecule has 1 unspecified atom stereocenters. The van der Waals surface area contributed by atoms with Crippen LogP contribution in [0.5, 0.6) is 0 Å². The van der Waals surface area contributed by atoms with Crippen molar-refractivity contribution in [3.63, 3.8) is 0 Å². The molecule has 1 aromatic heterocycles. The van der Waals surface area contributed by atoms with E-state index in [1.54, 1.807) is 6.07 Å². The van der Waals surface area contributed by atoms with Gasteiger partial charge in [0.15, 0.2) is 0 Å². The van der Waals surface area contributed by atoms with Gasteiger partial charge in [-0.2, -0.15) is 0 Å². The zero-order chi connectivity index (χ0) is 10.1. The second-order valence-electron chi connectivity index (χ2n) is 3.72. The average Bonchev–Trinajstić information content (AvgIpc) is 2.71. The van der Waals surface area contributed by atoms with Gasteiger partial charge in [0.2, 0.25) is 0 Å². The molecule has 1 fully saturated rings. The minimum absolute atomic E-state index is 0.348. The van der Waals surface area contributed by atoms with Gasteiger partial charge in [-0.1, -0.05) is 0 Å². The summed E-state index contributed by atoms with van der Waals surface area (Å²) in [7, 11) is 1.90. The highest BCUT2D eigenvalue weighted by atomic mass is 16.4.